The average Bonchev–Trinajstić information content (AvgIpc) is 2.44. The smallest absolute Gasteiger partial charge is 0.0474 e. The lowest BCUT2D eigenvalue weighted by Crippen LogP contribution is -2.32. The second kappa shape index (κ2) is 8.52. The molecule has 1 aromatic rings. The van der Waals surface area contributed by atoms with Crippen molar-refractivity contribution in [2.24, 2.45) is 0 Å². The fourth-order valence-electron chi connectivity index (χ4n) is 2.46. The highest BCUT2D eigenvalue weighted by atomic mass is 16.5. The second-order valence-corrected chi connectivity index (χ2v) is 6.82. The molecule has 21 heavy (non-hydrogen) atoms. The molecule has 0 aromatic heterocycles. The fraction of sp³-hybridized carbons (Fsp3) is 0.667. The van der Waals surface area contributed by atoms with Gasteiger partial charge in [0.25, 0.3) is 0 Å². The SMILES string of the molecule is CNC(CN(C)CCCOC)c1ccc(C(C)(C)C)cc1. The van der Waals surface area contributed by atoms with E-state index in [9.17, 15) is 0 Å². The number of nitrogens with zero attached hydrogens (tertiary/aromatic N) is 1. The first kappa shape index (κ1) is 18.1. The largest absolute Gasteiger partial charge is 0.385 e. The first-order valence-corrected chi connectivity index (χ1v) is 7.83. The van der Waals surface area contributed by atoms with Crippen molar-refractivity contribution in [2.75, 3.05) is 40.9 Å². The van der Waals surface area contributed by atoms with Gasteiger partial charge in [0.15, 0.2) is 0 Å². The Morgan fingerprint density at radius 1 is 1.19 bits per heavy atom. The number of hydrogen-bond acceptors (Lipinski definition) is 3. The quantitative estimate of drug-likeness (QED) is 0.745. The van der Waals surface area contributed by atoms with Crippen molar-refractivity contribution in [3.63, 3.8) is 0 Å². The Morgan fingerprint density at radius 2 is 1.81 bits per heavy atom. The zero-order chi connectivity index (χ0) is 15.9. The van der Waals surface area contributed by atoms with Gasteiger partial charge in [0, 0.05) is 32.8 Å². The van der Waals surface area contributed by atoms with Gasteiger partial charge in [-0.05, 0) is 37.1 Å². The molecule has 3 nitrogen and oxygen atoms in total. The monoisotopic (exact) mass is 292 g/mol. The molecule has 3 heteroatoms. The average molecular weight is 292 g/mol. The molecule has 1 N–H and O–H groups in total. The molecular weight excluding hydrogens is 260 g/mol. The van der Waals surface area contributed by atoms with Crippen LogP contribution in [0.5, 0.6) is 0 Å². The Morgan fingerprint density at radius 3 is 2.29 bits per heavy atom. The second-order valence-electron chi connectivity index (χ2n) is 6.82. The highest BCUT2D eigenvalue weighted by Gasteiger charge is 2.16. The molecule has 0 spiro atoms. The first-order chi connectivity index (χ1) is 9.88. The van der Waals surface area contributed by atoms with Crippen LogP contribution in [0.15, 0.2) is 24.3 Å². The predicted octanol–water partition coefficient (Wildman–Crippen LogP) is 3.21. The van der Waals surface area contributed by atoms with Crippen LogP contribution in [-0.4, -0.2) is 45.8 Å². The number of benzene rings is 1. The molecule has 120 valence electrons. The van der Waals surface area contributed by atoms with Gasteiger partial charge < -0.3 is 15.0 Å². The fourth-order valence-corrected chi connectivity index (χ4v) is 2.46. The maximum atomic E-state index is 5.11. The summed E-state index contributed by atoms with van der Waals surface area (Å²) in [5, 5.41) is 3.42. The molecule has 1 aromatic carbocycles. The Labute approximate surface area is 130 Å². The molecule has 1 atom stereocenters. The summed E-state index contributed by atoms with van der Waals surface area (Å²) >= 11 is 0. The summed E-state index contributed by atoms with van der Waals surface area (Å²) in [5.74, 6) is 0. The van der Waals surface area contributed by atoms with Crippen LogP contribution < -0.4 is 5.32 Å². The summed E-state index contributed by atoms with van der Waals surface area (Å²) in [6.45, 7) is 9.65. The minimum absolute atomic E-state index is 0.213. The lowest BCUT2D eigenvalue weighted by atomic mass is 9.86. The molecule has 0 radical (unpaired) electrons. The summed E-state index contributed by atoms with van der Waals surface area (Å²) < 4.78 is 5.11. The van der Waals surface area contributed by atoms with E-state index in [4.69, 9.17) is 4.74 Å². The predicted molar refractivity (Wildman–Crippen MR) is 90.9 cm³/mol. The molecule has 0 amide bonds. The number of methoxy groups -OCH3 is 1. The van der Waals surface area contributed by atoms with Gasteiger partial charge in [0.1, 0.15) is 0 Å². The lowest BCUT2D eigenvalue weighted by Gasteiger charge is -2.25. The Balaban J connectivity index is 2.63. The molecule has 0 heterocycles. The van der Waals surface area contributed by atoms with E-state index in [0.717, 1.165) is 26.1 Å². The number of nitrogens with one attached hydrogen (secondary N) is 1. The van der Waals surface area contributed by atoms with Gasteiger partial charge in [-0.3, -0.25) is 0 Å². The van der Waals surface area contributed by atoms with Crippen molar-refractivity contribution in [2.45, 2.75) is 38.6 Å². The van der Waals surface area contributed by atoms with Crippen LogP contribution in [0, 0.1) is 0 Å². The first-order valence-electron chi connectivity index (χ1n) is 7.83. The van der Waals surface area contributed by atoms with Crippen LogP contribution in [0.2, 0.25) is 0 Å². The zero-order valence-electron chi connectivity index (χ0n) is 14.6. The highest BCUT2D eigenvalue weighted by molar-refractivity contribution is 5.29. The van der Waals surface area contributed by atoms with Crippen molar-refractivity contribution in [1.29, 1.82) is 0 Å². The Kier molecular flexibility index (Phi) is 7.36. The van der Waals surface area contributed by atoms with Crippen molar-refractivity contribution in [3.8, 4) is 0 Å². The van der Waals surface area contributed by atoms with E-state index < -0.39 is 0 Å². The molecule has 1 unspecified atom stereocenters. The lowest BCUT2D eigenvalue weighted by molar-refractivity contribution is 0.176. The summed E-state index contributed by atoms with van der Waals surface area (Å²) in [6.07, 6.45) is 1.08. The van der Waals surface area contributed by atoms with Gasteiger partial charge in [-0.25, -0.2) is 0 Å². The van der Waals surface area contributed by atoms with Gasteiger partial charge in [-0.2, -0.15) is 0 Å². The summed E-state index contributed by atoms with van der Waals surface area (Å²) in [6, 6.07) is 9.39. The van der Waals surface area contributed by atoms with Crippen molar-refractivity contribution in [3.05, 3.63) is 35.4 Å². The number of likely N-dealkylation sites (N-methyl/N-ethyl adjacent to an activating group) is 2. The molecule has 0 aliphatic heterocycles. The van der Waals surface area contributed by atoms with E-state index in [1.807, 2.05) is 7.05 Å². The summed E-state index contributed by atoms with van der Waals surface area (Å²) in [4.78, 5) is 2.36. The van der Waals surface area contributed by atoms with E-state index in [-0.39, 0.29) is 5.41 Å². The summed E-state index contributed by atoms with van der Waals surface area (Å²) in [5.41, 5.74) is 2.95. The van der Waals surface area contributed by atoms with Crippen LogP contribution >= 0.6 is 0 Å². The third-order valence-electron chi connectivity index (χ3n) is 3.91. The van der Waals surface area contributed by atoms with Crippen LogP contribution in [0.4, 0.5) is 0 Å². The van der Waals surface area contributed by atoms with E-state index in [2.05, 4.69) is 62.3 Å². The third-order valence-corrected chi connectivity index (χ3v) is 3.91. The topological polar surface area (TPSA) is 24.5 Å². The van der Waals surface area contributed by atoms with E-state index in [0.29, 0.717) is 6.04 Å². The van der Waals surface area contributed by atoms with Gasteiger partial charge in [-0.1, -0.05) is 45.0 Å². The number of rotatable bonds is 8. The molecule has 0 bridgehead atoms. The Hall–Kier alpha value is -0.900. The normalized spacial score (nSPS) is 13.7. The standard InChI is InChI=1S/C18H32N2O/c1-18(2,3)16-10-8-15(9-11-16)17(19-4)14-20(5)12-7-13-21-6/h8-11,17,19H,7,12-14H2,1-6H3. The van der Waals surface area contributed by atoms with Crippen LogP contribution in [0.25, 0.3) is 0 Å². The Bertz CT molecular complexity index is 395. The molecular formula is C18H32N2O. The minimum atomic E-state index is 0.213. The molecule has 0 fully saturated rings. The maximum Gasteiger partial charge on any atom is 0.0474 e. The third kappa shape index (κ3) is 6.16. The number of ether oxygens (including phenoxy) is 1. The van der Waals surface area contributed by atoms with Crippen molar-refractivity contribution >= 4 is 0 Å². The van der Waals surface area contributed by atoms with Gasteiger partial charge in [0.05, 0.1) is 0 Å². The van der Waals surface area contributed by atoms with Crippen LogP contribution in [0.1, 0.15) is 44.4 Å². The van der Waals surface area contributed by atoms with Crippen LogP contribution in [0.3, 0.4) is 0 Å². The van der Waals surface area contributed by atoms with Gasteiger partial charge in [-0.15, -0.1) is 0 Å². The number of hydrogen-bond donors (Lipinski definition) is 1. The van der Waals surface area contributed by atoms with Gasteiger partial charge in [0.2, 0.25) is 0 Å². The van der Waals surface area contributed by atoms with Crippen molar-refractivity contribution < 1.29 is 4.74 Å². The maximum absolute atomic E-state index is 5.11. The summed E-state index contributed by atoms with van der Waals surface area (Å²) in [7, 11) is 5.96. The van der Waals surface area contributed by atoms with Gasteiger partial charge >= 0.3 is 0 Å². The minimum Gasteiger partial charge on any atom is -0.385 e. The highest BCUT2D eigenvalue weighted by Crippen LogP contribution is 2.24. The van der Waals surface area contributed by atoms with E-state index >= 15 is 0 Å². The van der Waals surface area contributed by atoms with E-state index in [1.165, 1.54) is 11.1 Å². The van der Waals surface area contributed by atoms with Crippen molar-refractivity contribution in [1.82, 2.24) is 10.2 Å². The van der Waals surface area contributed by atoms with Crippen LogP contribution in [-0.2, 0) is 10.2 Å². The molecule has 0 saturated carbocycles. The molecule has 0 aliphatic carbocycles. The van der Waals surface area contributed by atoms with E-state index in [1.54, 1.807) is 7.11 Å². The molecule has 1 rings (SSSR count). The molecule has 0 saturated heterocycles. The molecule has 0 aliphatic rings. The zero-order valence-corrected chi connectivity index (χ0v) is 14.6.